The highest BCUT2D eigenvalue weighted by Crippen LogP contribution is 2.27. The molecule has 0 spiro atoms. The van der Waals surface area contributed by atoms with Crippen LogP contribution in [0.15, 0.2) is 45.0 Å². The number of nitrogens with zero attached hydrogens (tertiary/aromatic N) is 6. The van der Waals surface area contributed by atoms with Gasteiger partial charge in [-0.15, -0.1) is 0 Å². The molecule has 1 saturated heterocycles. The van der Waals surface area contributed by atoms with Crippen molar-refractivity contribution in [1.82, 2.24) is 34.6 Å². The molecule has 0 saturated carbocycles. The van der Waals surface area contributed by atoms with Crippen molar-refractivity contribution in [2.24, 2.45) is 0 Å². The maximum absolute atomic E-state index is 12.2. The molecule has 27 heavy (non-hydrogen) atoms. The molecule has 11 nitrogen and oxygen atoms in total. The Bertz CT molecular complexity index is 1070. The zero-order valence-corrected chi connectivity index (χ0v) is 14.1. The Hall–Kier alpha value is -3.63. The number of rotatable bonds is 5. The van der Waals surface area contributed by atoms with E-state index in [1.54, 1.807) is 23.5 Å². The summed E-state index contributed by atoms with van der Waals surface area (Å²) in [6.45, 7) is 1.15. The highest BCUT2D eigenvalue weighted by Gasteiger charge is 2.35. The van der Waals surface area contributed by atoms with Crippen LogP contribution in [0, 0.1) is 0 Å². The maximum Gasteiger partial charge on any atom is 0.328 e. The van der Waals surface area contributed by atoms with Gasteiger partial charge in [0.15, 0.2) is 0 Å². The molecule has 4 rings (SSSR count). The predicted molar refractivity (Wildman–Crippen MR) is 90.6 cm³/mol. The van der Waals surface area contributed by atoms with E-state index in [1.165, 1.54) is 16.8 Å². The molecule has 1 fully saturated rings. The molecule has 1 aliphatic heterocycles. The standard InChI is InChI=1S/C16H15N7O4/c24-12-1-5-22(16(26)19-12)6-2-13(25)23-8-10(9-23)15-20-14(21-27-15)11-7-17-3-4-18-11/h1,3-5,7,10H,2,6,8-9H2,(H,19,24,26). The molecule has 0 aromatic carbocycles. The second-order valence-corrected chi connectivity index (χ2v) is 6.10. The van der Waals surface area contributed by atoms with E-state index in [0.29, 0.717) is 30.5 Å². The molecule has 0 radical (unpaired) electrons. The number of aryl methyl sites for hydroxylation is 1. The summed E-state index contributed by atoms with van der Waals surface area (Å²) in [7, 11) is 0. The number of aromatic nitrogens is 6. The summed E-state index contributed by atoms with van der Waals surface area (Å²) >= 11 is 0. The SMILES string of the molecule is O=C(CCn1ccc(=O)[nH]c1=O)N1CC(c2nc(-c3cnccn3)no2)C1. The number of carbonyl (C=O) groups is 1. The number of amides is 1. The monoisotopic (exact) mass is 369 g/mol. The Labute approximate surface area is 151 Å². The van der Waals surface area contributed by atoms with E-state index >= 15 is 0 Å². The second kappa shape index (κ2) is 6.94. The van der Waals surface area contributed by atoms with Crippen LogP contribution in [0.1, 0.15) is 18.2 Å². The first-order valence-corrected chi connectivity index (χ1v) is 8.27. The molecule has 3 aromatic rings. The minimum atomic E-state index is -0.529. The molecule has 1 aliphatic rings. The summed E-state index contributed by atoms with van der Waals surface area (Å²) < 4.78 is 6.55. The van der Waals surface area contributed by atoms with Crippen LogP contribution in [-0.2, 0) is 11.3 Å². The highest BCUT2D eigenvalue weighted by molar-refractivity contribution is 5.77. The van der Waals surface area contributed by atoms with Gasteiger partial charge in [0.05, 0.1) is 12.1 Å². The summed E-state index contributed by atoms with van der Waals surface area (Å²) in [5, 5.41) is 3.89. The van der Waals surface area contributed by atoms with E-state index < -0.39 is 11.2 Å². The molecule has 4 heterocycles. The highest BCUT2D eigenvalue weighted by atomic mass is 16.5. The number of aromatic amines is 1. The summed E-state index contributed by atoms with van der Waals surface area (Å²) in [6, 6.07) is 1.25. The lowest BCUT2D eigenvalue weighted by atomic mass is 9.99. The van der Waals surface area contributed by atoms with Gasteiger partial charge in [0.2, 0.25) is 17.6 Å². The molecule has 0 aliphatic carbocycles. The topological polar surface area (TPSA) is 140 Å². The van der Waals surface area contributed by atoms with Gasteiger partial charge in [-0.05, 0) is 0 Å². The Balaban J connectivity index is 1.31. The maximum atomic E-state index is 12.2. The van der Waals surface area contributed by atoms with E-state index in [9.17, 15) is 14.4 Å². The van der Waals surface area contributed by atoms with Crippen LogP contribution >= 0.6 is 0 Å². The van der Waals surface area contributed by atoms with Crippen LogP contribution in [0.2, 0.25) is 0 Å². The average molecular weight is 369 g/mol. The molecule has 1 amide bonds. The normalized spacial score (nSPS) is 14.1. The molecule has 0 bridgehead atoms. The number of hydrogen-bond acceptors (Lipinski definition) is 8. The first kappa shape index (κ1) is 16.8. The predicted octanol–water partition coefficient (Wildman–Crippen LogP) is -0.607. The van der Waals surface area contributed by atoms with Crippen LogP contribution in [0.3, 0.4) is 0 Å². The Morgan fingerprint density at radius 1 is 1.30 bits per heavy atom. The number of hydrogen-bond donors (Lipinski definition) is 1. The Kier molecular flexibility index (Phi) is 4.32. The van der Waals surface area contributed by atoms with Crippen molar-refractivity contribution in [3.8, 4) is 11.5 Å². The van der Waals surface area contributed by atoms with Crippen molar-refractivity contribution in [1.29, 1.82) is 0 Å². The van der Waals surface area contributed by atoms with Gasteiger partial charge in [-0.2, -0.15) is 4.98 Å². The quantitative estimate of drug-likeness (QED) is 0.628. The van der Waals surface area contributed by atoms with Gasteiger partial charge in [0.25, 0.3) is 5.56 Å². The summed E-state index contributed by atoms with van der Waals surface area (Å²) in [6.07, 6.45) is 6.18. The molecule has 1 N–H and O–H groups in total. The van der Waals surface area contributed by atoms with Crippen LogP contribution in [0.5, 0.6) is 0 Å². The minimum Gasteiger partial charge on any atom is -0.341 e. The molecular formula is C16H15N7O4. The number of H-pyrrole nitrogens is 1. The van der Waals surface area contributed by atoms with Gasteiger partial charge in [-0.3, -0.25) is 19.6 Å². The third kappa shape index (κ3) is 3.52. The lowest BCUT2D eigenvalue weighted by Crippen LogP contribution is -2.49. The van der Waals surface area contributed by atoms with Crippen molar-refractivity contribution in [2.75, 3.05) is 13.1 Å². The molecular weight excluding hydrogens is 354 g/mol. The number of nitrogens with one attached hydrogen (secondary N) is 1. The zero-order valence-electron chi connectivity index (χ0n) is 14.1. The van der Waals surface area contributed by atoms with Gasteiger partial charge >= 0.3 is 5.69 Å². The third-order valence-electron chi connectivity index (χ3n) is 4.28. The van der Waals surface area contributed by atoms with Crippen molar-refractivity contribution < 1.29 is 9.32 Å². The molecule has 0 atom stereocenters. The van der Waals surface area contributed by atoms with Crippen LogP contribution < -0.4 is 11.2 Å². The second-order valence-electron chi connectivity index (χ2n) is 6.10. The summed E-state index contributed by atoms with van der Waals surface area (Å²) in [4.78, 5) is 51.1. The lowest BCUT2D eigenvalue weighted by molar-refractivity contribution is -0.136. The van der Waals surface area contributed by atoms with E-state index in [-0.39, 0.29) is 24.8 Å². The number of carbonyl (C=O) groups excluding carboxylic acids is 1. The minimum absolute atomic E-state index is 0.0253. The fourth-order valence-corrected chi connectivity index (χ4v) is 2.75. The van der Waals surface area contributed by atoms with Crippen LogP contribution in [-0.4, -0.2) is 53.6 Å². The molecule has 3 aromatic heterocycles. The van der Waals surface area contributed by atoms with Crippen molar-refractivity contribution in [3.05, 3.63) is 57.6 Å². The fraction of sp³-hybridized carbons (Fsp3) is 0.312. The van der Waals surface area contributed by atoms with Crippen LogP contribution in [0.25, 0.3) is 11.5 Å². The average Bonchev–Trinajstić information content (AvgIpc) is 3.10. The van der Waals surface area contributed by atoms with Crippen molar-refractivity contribution in [3.63, 3.8) is 0 Å². The summed E-state index contributed by atoms with van der Waals surface area (Å²) in [5.41, 5.74) is -0.473. The van der Waals surface area contributed by atoms with E-state index in [0.717, 1.165) is 0 Å². The number of likely N-dealkylation sites (tertiary alicyclic amines) is 1. The molecule has 11 heteroatoms. The van der Waals surface area contributed by atoms with Gasteiger partial charge in [0.1, 0.15) is 5.69 Å². The van der Waals surface area contributed by atoms with E-state index in [1.807, 2.05) is 0 Å². The molecule has 138 valence electrons. The summed E-state index contributed by atoms with van der Waals surface area (Å²) in [5.74, 6) is 0.706. The Morgan fingerprint density at radius 2 is 2.15 bits per heavy atom. The van der Waals surface area contributed by atoms with E-state index in [4.69, 9.17) is 4.52 Å². The van der Waals surface area contributed by atoms with Gasteiger partial charge in [-0.25, -0.2) is 9.78 Å². The molecule has 0 unspecified atom stereocenters. The largest absolute Gasteiger partial charge is 0.341 e. The fourth-order valence-electron chi connectivity index (χ4n) is 2.75. The first-order valence-electron chi connectivity index (χ1n) is 8.27. The Morgan fingerprint density at radius 3 is 2.89 bits per heavy atom. The zero-order chi connectivity index (χ0) is 18.8. The van der Waals surface area contributed by atoms with Crippen LogP contribution in [0.4, 0.5) is 0 Å². The van der Waals surface area contributed by atoms with Gasteiger partial charge in [-0.1, -0.05) is 5.16 Å². The van der Waals surface area contributed by atoms with E-state index in [2.05, 4.69) is 25.1 Å². The lowest BCUT2D eigenvalue weighted by Gasteiger charge is -2.37. The van der Waals surface area contributed by atoms with Gasteiger partial charge in [0, 0.05) is 50.7 Å². The first-order chi connectivity index (χ1) is 13.1. The van der Waals surface area contributed by atoms with Gasteiger partial charge < -0.3 is 14.0 Å². The van der Waals surface area contributed by atoms with Crippen molar-refractivity contribution >= 4 is 5.91 Å². The third-order valence-corrected chi connectivity index (χ3v) is 4.28. The van der Waals surface area contributed by atoms with Crippen molar-refractivity contribution in [2.45, 2.75) is 18.9 Å². The smallest absolute Gasteiger partial charge is 0.328 e.